The van der Waals surface area contributed by atoms with E-state index in [-0.39, 0.29) is 5.78 Å². The molecule has 2 aromatic rings. The van der Waals surface area contributed by atoms with Crippen LogP contribution in [-0.4, -0.2) is 5.78 Å². The molecular formula is C14H12ClN2O+. The molecule has 0 atom stereocenters. The summed E-state index contributed by atoms with van der Waals surface area (Å²) in [4.78, 5) is 11.8. The number of pyridine rings is 1. The van der Waals surface area contributed by atoms with Gasteiger partial charge in [-0.15, -0.1) is 0 Å². The van der Waals surface area contributed by atoms with Crippen LogP contribution in [0.2, 0.25) is 5.02 Å². The van der Waals surface area contributed by atoms with E-state index in [0.717, 1.165) is 0 Å². The fourth-order valence-corrected chi connectivity index (χ4v) is 1.65. The number of anilines is 1. The standard InChI is InChI=1S/C14H11ClN2O/c15-12-6-7-14(16)17(10-12)9-8-13(18)11-4-2-1-3-5-11/h1-10,16H/p+1. The van der Waals surface area contributed by atoms with E-state index in [9.17, 15) is 4.79 Å². The highest BCUT2D eigenvalue weighted by molar-refractivity contribution is 6.30. The van der Waals surface area contributed by atoms with Crippen molar-refractivity contribution in [2.24, 2.45) is 0 Å². The largest absolute Gasteiger partial charge is 0.289 e. The van der Waals surface area contributed by atoms with Crippen molar-refractivity contribution in [3.05, 3.63) is 65.3 Å². The molecule has 0 spiro atoms. The summed E-state index contributed by atoms with van der Waals surface area (Å²) in [5.74, 6) is 0.430. The summed E-state index contributed by atoms with van der Waals surface area (Å²) in [6, 6.07) is 12.4. The number of hydrogen-bond donors (Lipinski definition) is 1. The molecule has 0 aliphatic rings. The third-order valence-electron chi connectivity index (χ3n) is 2.42. The summed E-state index contributed by atoms with van der Waals surface area (Å²) in [6.07, 6.45) is 4.70. The Labute approximate surface area is 110 Å². The van der Waals surface area contributed by atoms with Gasteiger partial charge < -0.3 is 0 Å². The van der Waals surface area contributed by atoms with Crippen LogP contribution in [0.15, 0.2) is 54.7 Å². The molecule has 4 heteroatoms. The van der Waals surface area contributed by atoms with Gasteiger partial charge in [0.05, 0.1) is 11.2 Å². The molecule has 90 valence electrons. The van der Waals surface area contributed by atoms with Crippen molar-refractivity contribution in [2.45, 2.75) is 0 Å². The van der Waals surface area contributed by atoms with Crippen molar-refractivity contribution in [3.63, 3.8) is 0 Å². The maximum Gasteiger partial charge on any atom is 0.277 e. The van der Waals surface area contributed by atoms with Crippen LogP contribution >= 0.6 is 11.6 Å². The number of rotatable bonds is 3. The molecule has 0 saturated heterocycles. The number of halogens is 1. The number of ketones is 1. The third-order valence-corrected chi connectivity index (χ3v) is 2.64. The molecule has 0 aliphatic heterocycles. The number of nitrogens with two attached hydrogens (primary N) is 1. The molecule has 1 aromatic carbocycles. The van der Waals surface area contributed by atoms with Crippen molar-refractivity contribution in [1.82, 2.24) is 0 Å². The van der Waals surface area contributed by atoms with Crippen LogP contribution in [0, 0.1) is 0 Å². The van der Waals surface area contributed by atoms with E-state index in [1.54, 1.807) is 41.2 Å². The van der Waals surface area contributed by atoms with Crippen molar-refractivity contribution >= 4 is 29.4 Å². The molecule has 0 fully saturated rings. The van der Waals surface area contributed by atoms with Crippen molar-refractivity contribution in [2.75, 3.05) is 5.73 Å². The lowest BCUT2D eigenvalue weighted by atomic mass is 10.1. The van der Waals surface area contributed by atoms with Crippen molar-refractivity contribution in [3.8, 4) is 0 Å². The van der Waals surface area contributed by atoms with Gasteiger partial charge in [-0.05, 0) is 6.07 Å². The van der Waals surface area contributed by atoms with Crippen LogP contribution in [-0.2, 0) is 0 Å². The Kier molecular flexibility index (Phi) is 3.75. The molecule has 2 rings (SSSR count). The van der Waals surface area contributed by atoms with Crippen LogP contribution in [0.3, 0.4) is 0 Å². The predicted octanol–water partition coefficient (Wildman–Crippen LogP) is 2.56. The number of nitrogen functional groups attached to an aromatic ring is 1. The Bertz CT molecular complexity index is 594. The molecule has 0 amide bonds. The lowest BCUT2D eigenvalue weighted by molar-refractivity contribution is -0.552. The second kappa shape index (κ2) is 5.47. The number of aromatic nitrogens is 1. The summed E-state index contributed by atoms with van der Waals surface area (Å²) in [5.41, 5.74) is 6.39. The Morgan fingerprint density at radius 1 is 1.17 bits per heavy atom. The van der Waals surface area contributed by atoms with Crippen molar-refractivity contribution in [1.29, 1.82) is 0 Å². The number of allylic oxidation sites excluding steroid dienone is 1. The van der Waals surface area contributed by atoms with Crippen molar-refractivity contribution < 1.29 is 9.36 Å². The first-order chi connectivity index (χ1) is 8.66. The Morgan fingerprint density at radius 3 is 2.61 bits per heavy atom. The summed E-state index contributed by atoms with van der Waals surface area (Å²) in [5, 5.41) is 0.556. The molecule has 18 heavy (non-hydrogen) atoms. The van der Waals surface area contributed by atoms with E-state index < -0.39 is 0 Å². The minimum absolute atomic E-state index is 0.0810. The first kappa shape index (κ1) is 12.3. The van der Waals surface area contributed by atoms with Gasteiger partial charge in [0.15, 0.2) is 5.78 Å². The maximum atomic E-state index is 11.8. The highest BCUT2D eigenvalue weighted by Crippen LogP contribution is 2.06. The molecule has 1 aromatic heterocycles. The quantitative estimate of drug-likeness (QED) is 0.523. The minimum Gasteiger partial charge on any atom is -0.289 e. The molecule has 0 unspecified atom stereocenters. The van der Waals surface area contributed by atoms with E-state index in [1.165, 1.54) is 6.08 Å². The van der Waals surface area contributed by atoms with Gasteiger partial charge in [-0.2, -0.15) is 0 Å². The van der Waals surface area contributed by atoms with Crippen LogP contribution in [0.4, 0.5) is 5.82 Å². The molecule has 1 heterocycles. The minimum atomic E-state index is -0.0810. The van der Waals surface area contributed by atoms with E-state index in [0.29, 0.717) is 16.4 Å². The average molecular weight is 260 g/mol. The fraction of sp³-hybridized carbons (Fsp3) is 0. The molecule has 0 bridgehead atoms. The summed E-state index contributed by atoms with van der Waals surface area (Å²) < 4.78 is 1.60. The second-order valence-electron chi connectivity index (χ2n) is 3.73. The lowest BCUT2D eigenvalue weighted by Crippen LogP contribution is -2.30. The number of carbonyl (C=O) groups is 1. The maximum absolute atomic E-state index is 11.8. The topological polar surface area (TPSA) is 47.0 Å². The lowest BCUT2D eigenvalue weighted by Gasteiger charge is -1.97. The Balaban J connectivity index is 2.21. The second-order valence-corrected chi connectivity index (χ2v) is 4.16. The van der Waals surface area contributed by atoms with E-state index in [1.807, 2.05) is 18.2 Å². The van der Waals surface area contributed by atoms with Gasteiger partial charge in [0.1, 0.15) is 6.20 Å². The van der Waals surface area contributed by atoms with Gasteiger partial charge in [-0.3, -0.25) is 10.5 Å². The fourth-order valence-electron chi connectivity index (χ4n) is 1.48. The highest BCUT2D eigenvalue weighted by Gasteiger charge is 2.04. The normalized spacial score (nSPS) is 10.7. The number of hydrogen-bond acceptors (Lipinski definition) is 2. The van der Waals surface area contributed by atoms with Gasteiger partial charge in [0.25, 0.3) is 5.82 Å². The molecule has 2 N–H and O–H groups in total. The Morgan fingerprint density at radius 2 is 1.89 bits per heavy atom. The summed E-state index contributed by atoms with van der Waals surface area (Å²) >= 11 is 5.85. The number of carbonyl (C=O) groups excluding carboxylic acids is 1. The van der Waals surface area contributed by atoms with Gasteiger partial charge >= 0.3 is 0 Å². The Hall–Kier alpha value is -2.13. The third kappa shape index (κ3) is 2.96. The van der Waals surface area contributed by atoms with Crippen LogP contribution in [0.5, 0.6) is 0 Å². The van der Waals surface area contributed by atoms with E-state index in [2.05, 4.69) is 0 Å². The van der Waals surface area contributed by atoms with Gasteiger partial charge in [-0.1, -0.05) is 41.9 Å². The SMILES string of the molecule is Nc1ccc(Cl)c[n+]1C=CC(=O)c1ccccc1. The summed E-state index contributed by atoms with van der Waals surface area (Å²) in [6.45, 7) is 0. The molecule has 3 nitrogen and oxygen atoms in total. The van der Waals surface area contributed by atoms with Crippen LogP contribution in [0.1, 0.15) is 10.4 Å². The van der Waals surface area contributed by atoms with Gasteiger partial charge in [0.2, 0.25) is 0 Å². The first-order valence-corrected chi connectivity index (χ1v) is 5.78. The highest BCUT2D eigenvalue weighted by atomic mass is 35.5. The predicted molar refractivity (Wildman–Crippen MR) is 72.2 cm³/mol. The number of nitrogens with zero attached hydrogens (tertiary/aromatic N) is 1. The zero-order chi connectivity index (χ0) is 13.0. The van der Waals surface area contributed by atoms with E-state index >= 15 is 0 Å². The zero-order valence-corrected chi connectivity index (χ0v) is 10.3. The van der Waals surface area contributed by atoms with Crippen LogP contribution in [0.25, 0.3) is 6.20 Å². The summed E-state index contributed by atoms with van der Waals surface area (Å²) in [7, 11) is 0. The molecule has 0 aliphatic carbocycles. The molecule has 0 radical (unpaired) electrons. The number of benzene rings is 1. The molecular weight excluding hydrogens is 248 g/mol. The van der Waals surface area contributed by atoms with Gasteiger partial charge in [0, 0.05) is 17.7 Å². The van der Waals surface area contributed by atoms with Crippen LogP contribution < -0.4 is 10.3 Å². The zero-order valence-electron chi connectivity index (χ0n) is 9.58. The average Bonchev–Trinajstić information content (AvgIpc) is 2.40. The molecule has 0 saturated carbocycles. The first-order valence-electron chi connectivity index (χ1n) is 5.40. The smallest absolute Gasteiger partial charge is 0.277 e. The van der Waals surface area contributed by atoms with E-state index in [4.69, 9.17) is 17.3 Å². The monoisotopic (exact) mass is 259 g/mol. The van der Waals surface area contributed by atoms with Gasteiger partial charge in [-0.25, -0.2) is 4.57 Å².